The van der Waals surface area contributed by atoms with Crippen LogP contribution in [0.3, 0.4) is 0 Å². The minimum absolute atomic E-state index is 0.0241. The summed E-state index contributed by atoms with van der Waals surface area (Å²) in [4.78, 5) is 29.4. The van der Waals surface area contributed by atoms with E-state index >= 15 is 0 Å². The molecule has 14 heteroatoms. The van der Waals surface area contributed by atoms with Crippen LogP contribution in [0.4, 0.5) is 5.69 Å². The van der Waals surface area contributed by atoms with E-state index in [0.717, 1.165) is 17.6 Å². The maximum absolute atomic E-state index is 12.9. The molecular formula is C24H20ClN3O7S3. The summed E-state index contributed by atoms with van der Waals surface area (Å²) in [7, 11) is -6.11. The van der Waals surface area contributed by atoms with E-state index in [-0.39, 0.29) is 32.4 Å². The highest BCUT2D eigenvalue weighted by atomic mass is 35.5. The van der Waals surface area contributed by atoms with E-state index in [0.29, 0.717) is 15.2 Å². The van der Waals surface area contributed by atoms with Gasteiger partial charge in [0.25, 0.3) is 15.9 Å². The average molecular weight is 594 g/mol. The van der Waals surface area contributed by atoms with Gasteiger partial charge < -0.3 is 9.30 Å². The number of anilines is 1. The quantitative estimate of drug-likeness (QED) is 0.323. The molecule has 1 aromatic heterocycles. The molecule has 1 N–H and O–H groups in total. The first-order chi connectivity index (χ1) is 17.9. The molecule has 0 fully saturated rings. The molecule has 0 aliphatic heterocycles. The lowest BCUT2D eigenvalue weighted by atomic mass is 10.2. The van der Waals surface area contributed by atoms with Gasteiger partial charge in [-0.3, -0.25) is 14.3 Å². The van der Waals surface area contributed by atoms with Crippen molar-refractivity contribution in [3.05, 3.63) is 82.1 Å². The van der Waals surface area contributed by atoms with E-state index in [9.17, 15) is 26.4 Å². The van der Waals surface area contributed by atoms with Gasteiger partial charge in [-0.1, -0.05) is 22.9 Å². The van der Waals surface area contributed by atoms with Crippen LogP contribution in [-0.2, 0) is 35.9 Å². The van der Waals surface area contributed by atoms with Gasteiger partial charge in [-0.25, -0.2) is 16.8 Å². The van der Waals surface area contributed by atoms with E-state index in [2.05, 4.69) is 9.71 Å². The number of sulfonamides is 1. The number of methoxy groups -OCH3 is 1. The number of amides is 1. The van der Waals surface area contributed by atoms with Gasteiger partial charge in [-0.15, -0.1) is 0 Å². The fourth-order valence-corrected chi connectivity index (χ4v) is 6.35. The number of rotatable bonds is 7. The highest BCUT2D eigenvalue weighted by Crippen LogP contribution is 2.23. The molecule has 0 atom stereocenters. The first kappa shape index (κ1) is 27.5. The van der Waals surface area contributed by atoms with Gasteiger partial charge in [0.15, 0.2) is 14.6 Å². The van der Waals surface area contributed by atoms with Crippen LogP contribution < -0.4 is 9.52 Å². The summed E-state index contributed by atoms with van der Waals surface area (Å²) in [6.07, 6.45) is 1.08. The van der Waals surface area contributed by atoms with Gasteiger partial charge in [0.2, 0.25) is 0 Å². The SMILES string of the molecule is COC(=O)Cn1c(=NC(=O)c2ccc(NS(=O)(=O)c3ccc(Cl)cc3)cc2)sc2cc(S(C)(=O)=O)ccc21. The highest BCUT2D eigenvalue weighted by molar-refractivity contribution is 7.92. The number of esters is 1. The van der Waals surface area contributed by atoms with Gasteiger partial charge in [0.1, 0.15) is 6.54 Å². The molecule has 0 radical (unpaired) electrons. The van der Waals surface area contributed by atoms with Gasteiger partial charge in [-0.2, -0.15) is 4.99 Å². The molecule has 0 saturated heterocycles. The van der Waals surface area contributed by atoms with Crippen LogP contribution >= 0.6 is 22.9 Å². The van der Waals surface area contributed by atoms with Gasteiger partial charge in [-0.05, 0) is 66.7 Å². The van der Waals surface area contributed by atoms with Crippen LogP contribution in [0.5, 0.6) is 0 Å². The molecule has 0 bridgehead atoms. The molecule has 10 nitrogen and oxygen atoms in total. The normalized spacial score (nSPS) is 12.4. The number of nitrogens with one attached hydrogen (secondary N) is 1. The maximum atomic E-state index is 12.9. The molecule has 0 aliphatic rings. The number of halogens is 1. The van der Waals surface area contributed by atoms with Crippen molar-refractivity contribution in [1.82, 2.24) is 4.57 Å². The molecule has 198 valence electrons. The van der Waals surface area contributed by atoms with E-state index in [4.69, 9.17) is 16.3 Å². The van der Waals surface area contributed by atoms with E-state index in [1.165, 1.54) is 78.4 Å². The molecule has 3 aromatic carbocycles. The molecule has 0 saturated carbocycles. The second kappa shape index (κ2) is 10.7. The zero-order valence-electron chi connectivity index (χ0n) is 19.9. The Hall–Kier alpha value is -3.52. The number of benzene rings is 3. The molecule has 4 aromatic rings. The first-order valence-corrected chi connectivity index (χ1v) is 15.3. The lowest BCUT2D eigenvalue weighted by Gasteiger charge is -2.08. The van der Waals surface area contributed by atoms with Crippen molar-refractivity contribution in [2.45, 2.75) is 16.3 Å². The maximum Gasteiger partial charge on any atom is 0.325 e. The fraction of sp³-hybridized carbons (Fsp3) is 0.125. The highest BCUT2D eigenvalue weighted by Gasteiger charge is 2.17. The zero-order chi connectivity index (χ0) is 27.7. The minimum atomic E-state index is -3.87. The molecule has 0 unspecified atom stereocenters. The van der Waals surface area contributed by atoms with Crippen molar-refractivity contribution in [2.24, 2.45) is 4.99 Å². The van der Waals surface area contributed by atoms with Crippen molar-refractivity contribution >= 4 is 70.6 Å². The van der Waals surface area contributed by atoms with Gasteiger partial charge in [0.05, 0.1) is 27.1 Å². The number of fused-ring (bicyclic) bond motifs is 1. The lowest BCUT2D eigenvalue weighted by Crippen LogP contribution is -2.22. The third-order valence-electron chi connectivity index (χ3n) is 5.30. The third kappa shape index (κ3) is 6.13. The second-order valence-corrected chi connectivity index (χ2v) is 13.1. The molecule has 1 heterocycles. The van der Waals surface area contributed by atoms with Gasteiger partial charge >= 0.3 is 5.97 Å². The zero-order valence-corrected chi connectivity index (χ0v) is 23.1. The number of carbonyl (C=O) groups is 2. The van der Waals surface area contributed by atoms with Gasteiger partial charge in [0, 0.05) is 22.5 Å². The lowest BCUT2D eigenvalue weighted by molar-refractivity contribution is -0.141. The molecule has 0 spiro atoms. The summed E-state index contributed by atoms with van der Waals surface area (Å²) in [6, 6.07) is 15.7. The Morgan fingerprint density at radius 1 is 0.974 bits per heavy atom. The first-order valence-electron chi connectivity index (χ1n) is 10.8. The minimum Gasteiger partial charge on any atom is -0.468 e. The predicted molar refractivity (Wildman–Crippen MR) is 144 cm³/mol. The van der Waals surface area contributed by atoms with Crippen LogP contribution in [0.15, 0.2) is 81.5 Å². The number of sulfone groups is 1. The topological polar surface area (TPSA) is 141 Å². The van der Waals surface area contributed by atoms with Crippen LogP contribution in [-0.4, -0.2) is 46.6 Å². The average Bonchev–Trinajstić information content (AvgIpc) is 3.19. The summed E-state index contributed by atoms with van der Waals surface area (Å²) < 4.78 is 58.2. The second-order valence-electron chi connectivity index (χ2n) is 8.00. The molecule has 38 heavy (non-hydrogen) atoms. The smallest absolute Gasteiger partial charge is 0.325 e. The van der Waals surface area contributed by atoms with Crippen molar-refractivity contribution < 1.29 is 31.2 Å². The Balaban J connectivity index is 1.66. The Kier molecular flexibility index (Phi) is 7.74. The third-order valence-corrected chi connectivity index (χ3v) is 9.10. The molecule has 1 amide bonds. The van der Waals surface area contributed by atoms with Crippen molar-refractivity contribution in [3.63, 3.8) is 0 Å². The Bertz CT molecular complexity index is 1830. The van der Waals surface area contributed by atoms with Crippen molar-refractivity contribution in [2.75, 3.05) is 18.1 Å². The Morgan fingerprint density at radius 3 is 2.21 bits per heavy atom. The number of hydrogen-bond acceptors (Lipinski definition) is 8. The van der Waals surface area contributed by atoms with Crippen LogP contribution in [0.2, 0.25) is 5.02 Å². The number of thiazole rings is 1. The standard InChI is InChI=1S/C24H20ClN3O7S3/c1-35-22(29)14-28-20-12-11-19(37(2,31)32)13-21(20)36-24(28)26-23(30)15-3-7-17(8-4-15)27-38(33,34)18-9-5-16(25)6-10-18/h3-13,27H,14H2,1-2H3. The summed E-state index contributed by atoms with van der Waals surface area (Å²) in [6.45, 7) is -0.244. The summed E-state index contributed by atoms with van der Waals surface area (Å²) >= 11 is 6.85. The molecular weight excluding hydrogens is 574 g/mol. The number of carbonyl (C=O) groups excluding carboxylic acids is 2. The molecule has 4 rings (SSSR count). The Morgan fingerprint density at radius 2 is 1.61 bits per heavy atom. The van der Waals surface area contributed by atoms with E-state index in [1.54, 1.807) is 0 Å². The number of ether oxygens (including phenoxy) is 1. The Labute approximate surface area is 227 Å². The number of aromatic nitrogens is 1. The van der Waals surface area contributed by atoms with Crippen molar-refractivity contribution in [1.29, 1.82) is 0 Å². The van der Waals surface area contributed by atoms with Crippen LogP contribution in [0.25, 0.3) is 10.2 Å². The van der Waals surface area contributed by atoms with Crippen LogP contribution in [0.1, 0.15) is 10.4 Å². The largest absolute Gasteiger partial charge is 0.468 e. The number of hydrogen-bond donors (Lipinski definition) is 1. The summed E-state index contributed by atoms with van der Waals surface area (Å²) in [5, 5.41) is 0.401. The monoisotopic (exact) mass is 593 g/mol. The summed E-state index contributed by atoms with van der Waals surface area (Å²) in [5.74, 6) is -1.23. The fourth-order valence-electron chi connectivity index (χ4n) is 3.38. The van der Waals surface area contributed by atoms with E-state index < -0.39 is 31.7 Å². The van der Waals surface area contributed by atoms with Crippen LogP contribution in [0, 0.1) is 0 Å². The molecule has 0 aliphatic carbocycles. The van der Waals surface area contributed by atoms with E-state index in [1.807, 2.05) is 0 Å². The predicted octanol–water partition coefficient (Wildman–Crippen LogP) is 3.47. The summed E-state index contributed by atoms with van der Waals surface area (Å²) in [5.41, 5.74) is 0.900. The number of nitrogens with zero attached hydrogens (tertiary/aromatic N) is 2. The van der Waals surface area contributed by atoms with Crippen molar-refractivity contribution in [3.8, 4) is 0 Å².